The lowest BCUT2D eigenvalue weighted by molar-refractivity contribution is 0.101. The van der Waals surface area contributed by atoms with E-state index in [-0.39, 0.29) is 0 Å². The molecule has 18 heavy (non-hydrogen) atoms. The molecule has 1 unspecified atom stereocenters. The number of hydrogen-bond acceptors (Lipinski definition) is 4. The highest BCUT2D eigenvalue weighted by Crippen LogP contribution is 2.20. The Morgan fingerprint density at radius 3 is 3.22 bits per heavy atom. The molecule has 1 atom stereocenters. The lowest BCUT2D eigenvalue weighted by Gasteiger charge is -2.10. The lowest BCUT2D eigenvalue weighted by atomic mass is 10.2. The topological polar surface area (TPSA) is 66.0 Å². The number of anilines is 1. The highest BCUT2D eigenvalue weighted by atomic mass is 16.5. The molecule has 3 rings (SSSR count). The number of rotatable bonds is 3. The summed E-state index contributed by atoms with van der Waals surface area (Å²) in [6.07, 6.45) is 5.52. The Labute approximate surface area is 106 Å². The number of hydrogen-bond donors (Lipinski definition) is 1. The van der Waals surface area contributed by atoms with Crippen molar-refractivity contribution < 1.29 is 4.74 Å². The number of imidazole rings is 1. The fraction of sp³-hybridized carbons (Fsp3) is 0.538. The minimum Gasteiger partial charge on any atom is -0.378 e. The summed E-state index contributed by atoms with van der Waals surface area (Å²) in [4.78, 5) is 8.78. The van der Waals surface area contributed by atoms with Crippen LogP contribution in [0.2, 0.25) is 0 Å². The largest absolute Gasteiger partial charge is 0.378 e. The summed E-state index contributed by atoms with van der Waals surface area (Å²) in [6.45, 7) is 3.72. The summed E-state index contributed by atoms with van der Waals surface area (Å²) < 4.78 is 7.61. The molecule has 0 radical (unpaired) electrons. The van der Waals surface area contributed by atoms with Crippen LogP contribution in [-0.2, 0) is 11.3 Å². The van der Waals surface area contributed by atoms with Gasteiger partial charge in [-0.15, -0.1) is 0 Å². The highest BCUT2D eigenvalue weighted by molar-refractivity contribution is 5.74. The molecule has 0 bridgehead atoms. The van der Waals surface area contributed by atoms with E-state index in [0.29, 0.717) is 12.1 Å². The molecular weight excluding hydrogens is 228 g/mol. The molecule has 0 amide bonds. The molecule has 0 spiro atoms. The quantitative estimate of drug-likeness (QED) is 0.898. The summed E-state index contributed by atoms with van der Waals surface area (Å²) in [6, 6.07) is 2.02. The molecule has 1 fully saturated rings. The molecule has 0 aromatic carbocycles. The van der Waals surface area contributed by atoms with Gasteiger partial charge in [-0.3, -0.25) is 4.57 Å². The zero-order valence-electron chi connectivity index (χ0n) is 10.6. The van der Waals surface area contributed by atoms with Crippen molar-refractivity contribution >= 4 is 17.1 Å². The number of aryl methyl sites for hydroxylation is 2. The van der Waals surface area contributed by atoms with Gasteiger partial charge in [0.05, 0.1) is 6.10 Å². The van der Waals surface area contributed by atoms with Crippen LogP contribution >= 0.6 is 0 Å². The van der Waals surface area contributed by atoms with E-state index < -0.39 is 0 Å². The van der Waals surface area contributed by atoms with Crippen LogP contribution in [0.5, 0.6) is 0 Å². The first-order chi connectivity index (χ1) is 8.74. The molecule has 1 aliphatic rings. The molecule has 2 aromatic heterocycles. The molecule has 3 heterocycles. The van der Waals surface area contributed by atoms with Gasteiger partial charge < -0.3 is 10.5 Å². The molecule has 0 aliphatic carbocycles. The van der Waals surface area contributed by atoms with Crippen LogP contribution < -0.4 is 5.73 Å². The average Bonchev–Trinajstić information content (AvgIpc) is 2.93. The predicted octanol–water partition coefficient (Wildman–Crippen LogP) is 1.89. The van der Waals surface area contributed by atoms with E-state index in [1.54, 1.807) is 0 Å². The molecule has 2 aromatic rings. The van der Waals surface area contributed by atoms with E-state index >= 15 is 0 Å². The smallest absolute Gasteiger partial charge is 0.202 e. The second-order valence-electron chi connectivity index (χ2n) is 4.90. The van der Waals surface area contributed by atoms with Crippen LogP contribution in [-0.4, -0.2) is 27.2 Å². The van der Waals surface area contributed by atoms with Gasteiger partial charge in [-0.1, -0.05) is 0 Å². The van der Waals surface area contributed by atoms with E-state index in [0.717, 1.165) is 42.7 Å². The van der Waals surface area contributed by atoms with Crippen LogP contribution in [0, 0.1) is 6.92 Å². The minimum absolute atomic E-state index is 0.368. The Kier molecular flexibility index (Phi) is 2.91. The molecule has 5 nitrogen and oxygen atoms in total. The summed E-state index contributed by atoms with van der Waals surface area (Å²) in [5, 5.41) is 0. The first-order valence-electron chi connectivity index (χ1n) is 6.44. The summed E-state index contributed by atoms with van der Waals surface area (Å²) in [5.74, 6) is 0.543. The maximum Gasteiger partial charge on any atom is 0.202 e. The van der Waals surface area contributed by atoms with E-state index in [9.17, 15) is 0 Å². The molecule has 5 heteroatoms. The third kappa shape index (κ3) is 2.06. The SMILES string of the molecule is Cc1cnc2c(c1)nc(N)n2CCC1CCCO1. The number of nitrogens with zero attached hydrogens (tertiary/aromatic N) is 3. The second-order valence-corrected chi connectivity index (χ2v) is 4.90. The number of pyridine rings is 1. The first kappa shape index (κ1) is 11.5. The standard InChI is InChI=1S/C13H18N4O/c1-9-7-11-12(15-8-9)17(13(14)16-11)5-4-10-3-2-6-18-10/h7-8,10H,2-6H2,1H3,(H2,14,16). The number of nitrogens with two attached hydrogens (primary N) is 1. The fourth-order valence-electron chi connectivity index (χ4n) is 2.49. The summed E-state index contributed by atoms with van der Waals surface area (Å²) >= 11 is 0. The van der Waals surface area contributed by atoms with Gasteiger partial charge in [-0.2, -0.15) is 0 Å². The molecule has 1 aliphatic heterocycles. The number of ether oxygens (including phenoxy) is 1. The summed E-state index contributed by atoms with van der Waals surface area (Å²) in [7, 11) is 0. The molecule has 0 saturated carbocycles. The van der Waals surface area contributed by atoms with E-state index in [4.69, 9.17) is 10.5 Å². The fourth-order valence-corrected chi connectivity index (χ4v) is 2.49. The van der Waals surface area contributed by atoms with Crippen LogP contribution in [0.3, 0.4) is 0 Å². The molecule has 2 N–H and O–H groups in total. The maximum absolute atomic E-state index is 5.96. The summed E-state index contributed by atoms with van der Waals surface area (Å²) in [5.41, 5.74) is 8.81. The molecule has 96 valence electrons. The van der Waals surface area contributed by atoms with Crippen LogP contribution in [0.1, 0.15) is 24.8 Å². The molecular formula is C13H18N4O. The van der Waals surface area contributed by atoms with Gasteiger partial charge in [-0.25, -0.2) is 9.97 Å². The normalized spacial score (nSPS) is 19.7. The van der Waals surface area contributed by atoms with E-state index in [1.165, 1.54) is 6.42 Å². The van der Waals surface area contributed by atoms with Crippen LogP contribution in [0.25, 0.3) is 11.2 Å². The number of nitrogen functional groups attached to an aromatic ring is 1. The number of aromatic nitrogens is 3. The lowest BCUT2D eigenvalue weighted by Crippen LogP contribution is -2.12. The Morgan fingerprint density at radius 1 is 1.56 bits per heavy atom. The van der Waals surface area contributed by atoms with Gasteiger partial charge in [0.1, 0.15) is 5.52 Å². The highest BCUT2D eigenvalue weighted by Gasteiger charge is 2.17. The Morgan fingerprint density at radius 2 is 2.44 bits per heavy atom. The maximum atomic E-state index is 5.96. The Balaban J connectivity index is 1.84. The van der Waals surface area contributed by atoms with Gasteiger partial charge in [0.25, 0.3) is 0 Å². The monoisotopic (exact) mass is 246 g/mol. The van der Waals surface area contributed by atoms with Crippen LogP contribution in [0.4, 0.5) is 5.95 Å². The van der Waals surface area contributed by atoms with Crippen molar-refractivity contribution in [3.8, 4) is 0 Å². The van der Waals surface area contributed by atoms with Crippen molar-refractivity contribution in [1.29, 1.82) is 0 Å². The second kappa shape index (κ2) is 4.57. The average molecular weight is 246 g/mol. The Hall–Kier alpha value is -1.62. The third-order valence-electron chi connectivity index (χ3n) is 3.45. The zero-order valence-corrected chi connectivity index (χ0v) is 10.6. The zero-order chi connectivity index (χ0) is 12.5. The minimum atomic E-state index is 0.368. The van der Waals surface area contributed by atoms with Gasteiger partial charge in [0.15, 0.2) is 5.65 Å². The van der Waals surface area contributed by atoms with Crippen molar-refractivity contribution in [2.24, 2.45) is 0 Å². The Bertz CT molecular complexity index is 557. The van der Waals surface area contributed by atoms with Crippen molar-refractivity contribution in [2.45, 2.75) is 38.8 Å². The van der Waals surface area contributed by atoms with Crippen molar-refractivity contribution in [2.75, 3.05) is 12.3 Å². The van der Waals surface area contributed by atoms with Gasteiger partial charge >= 0.3 is 0 Å². The van der Waals surface area contributed by atoms with Gasteiger partial charge in [0.2, 0.25) is 5.95 Å². The van der Waals surface area contributed by atoms with Gasteiger partial charge in [-0.05, 0) is 37.8 Å². The van der Waals surface area contributed by atoms with Crippen molar-refractivity contribution in [1.82, 2.24) is 14.5 Å². The first-order valence-corrected chi connectivity index (χ1v) is 6.44. The third-order valence-corrected chi connectivity index (χ3v) is 3.45. The van der Waals surface area contributed by atoms with E-state index in [2.05, 4.69) is 9.97 Å². The number of fused-ring (bicyclic) bond motifs is 1. The van der Waals surface area contributed by atoms with Crippen LogP contribution in [0.15, 0.2) is 12.3 Å². The van der Waals surface area contributed by atoms with E-state index in [1.807, 2.05) is 23.8 Å². The van der Waals surface area contributed by atoms with Crippen molar-refractivity contribution in [3.05, 3.63) is 17.8 Å². The van der Waals surface area contributed by atoms with Gasteiger partial charge in [0, 0.05) is 19.3 Å². The molecule has 1 saturated heterocycles. The van der Waals surface area contributed by atoms with Crippen molar-refractivity contribution in [3.63, 3.8) is 0 Å². The predicted molar refractivity (Wildman–Crippen MR) is 70.3 cm³/mol.